The van der Waals surface area contributed by atoms with E-state index in [0.717, 1.165) is 12.0 Å². The van der Waals surface area contributed by atoms with Crippen molar-refractivity contribution in [3.8, 4) is 5.75 Å². The molecule has 0 radical (unpaired) electrons. The van der Waals surface area contributed by atoms with Gasteiger partial charge in [0.15, 0.2) is 0 Å². The lowest BCUT2D eigenvalue weighted by atomic mass is 10.2. The van der Waals surface area contributed by atoms with Crippen molar-refractivity contribution >= 4 is 5.97 Å². The smallest absolute Gasteiger partial charge is 0.335 e. The first kappa shape index (κ1) is 12.1. The number of aromatic carboxylic acids is 1. The summed E-state index contributed by atoms with van der Waals surface area (Å²) in [6, 6.07) is 10.3. The first-order valence-electron chi connectivity index (χ1n) is 5.61. The molecule has 0 amide bonds. The molecule has 0 saturated carbocycles. The van der Waals surface area contributed by atoms with E-state index in [9.17, 15) is 4.79 Å². The summed E-state index contributed by atoms with van der Waals surface area (Å²) in [5, 5.41) is 8.75. The molecule has 2 aromatic rings. The maximum absolute atomic E-state index is 10.7. The monoisotopic (exact) mass is 243 g/mol. The van der Waals surface area contributed by atoms with Gasteiger partial charge in [-0.05, 0) is 42.0 Å². The number of pyridine rings is 1. The van der Waals surface area contributed by atoms with Gasteiger partial charge in [-0.1, -0.05) is 0 Å². The molecule has 0 aliphatic carbocycles. The summed E-state index contributed by atoms with van der Waals surface area (Å²) in [5.41, 5.74) is 1.42. The van der Waals surface area contributed by atoms with Gasteiger partial charge in [-0.3, -0.25) is 4.98 Å². The van der Waals surface area contributed by atoms with Crippen LogP contribution >= 0.6 is 0 Å². The van der Waals surface area contributed by atoms with Gasteiger partial charge in [0.05, 0.1) is 12.2 Å². The highest BCUT2D eigenvalue weighted by Crippen LogP contribution is 2.12. The van der Waals surface area contributed by atoms with Crippen LogP contribution in [-0.2, 0) is 6.42 Å². The standard InChI is InChI=1S/C14H13NO3/c16-14(17)12-1-3-13(4-2-12)18-10-7-11-5-8-15-9-6-11/h1-6,8-9H,7,10H2,(H,16,17). The van der Waals surface area contributed by atoms with Crippen LogP contribution in [0, 0.1) is 0 Å². The van der Waals surface area contributed by atoms with E-state index in [2.05, 4.69) is 4.98 Å². The molecule has 1 N–H and O–H groups in total. The Hall–Kier alpha value is -2.36. The second-order valence-electron chi connectivity index (χ2n) is 3.78. The Balaban J connectivity index is 1.85. The molecule has 0 aliphatic rings. The molecule has 92 valence electrons. The van der Waals surface area contributed by atoms with E-state index >= 15 is 0 Å². The van der Waals surface area contributed by atoms with Gasteiger partial charge in [-0.15, -0.1) is 0 Å². The molecule has 1 heterocycles. The molecular formula is C14H13NO3. The zero-order valence-electron chi connectivity index (χ0n) is 9.74. The van der Waals surface area contributed by atoms with Crippen molar-refractivity contribution in [1.29, 1.82) is 0 Å². The summed E-state index contributed by atoms with van der Waals surface area (Å²) in [5.74, 6) is -0.257. The molecule has 0 fully saturated rings. The Bertz CT molecular complexity index is 508. The van der Waals surface area contributed by atoms with Gasteiger partial charge in [-0.25, -0.2) is 4.79 Å². The third kappa shape index (κ3) is 3.31. The van der Waals surface area contributed by atoms with Crippen molar-refractivity contribution in [3.05, 3.63) is 59.9 Å². The number of rotatable bonds is 5. The normalized spacial score (nSPS) is 10.0. The number of hydrogen-bond acceptors (Lipinski definition) is 3. The van der Waals surface area contributed by atoms with E-state index < -0.39 is 5.97 Å². The third-order valence-corrected chi connectivity index (χ3v) is 2.51. The third-order valence-electron chi connectivity index (χ3n) is 2.51. The fourth-order valence-electron chi connectivity index (χ4n) is 1.53. The van der Waals surface area contributed by atoms with Crippen LogP contribution in [0.3, 0.4) is 0 Å². The number of carboxylic acid groups (broad SMARTS) is 1. The lowest BCUT2D eigenvalue weighted by molar-refractivity contribution is 0.0697. The number of carbonyl (C=O) groups is 1. The van der Waals surface area contributed by atoms with Crippen molar-refractivity contribution in [1.82, 2.24) is 4.98 Å². The van der Waals surface area contributed by atoms with Crippen molar-refractivity contribution in [2.45, 2.75) is 6.42 Å². The summed E-state index contributed by atoms with van der Waals surface area (Å²) in [7, 11) is 0. The highest BCUT2D eigenvalue weighted by atomic mass is 16.5. The van der Waals surface area contributed by atoms with E-state index in [4.69, 9.17) is 9.84 Å². The van der Waals surface area contributed by atoms with Gasteiger partial charge in [0.1, 0.15) is 5.75 Å². The minimum atomic E-state index is -0.932. The summed E-state index contributed by atoms with van der Waals surface area (Å²) >= 11 is 0. The molecule has 0 spiro atoms. The fraction of sp³-hybridized carbons (Fsp3) is 0.143. The molecule has 0 saturated heterocycles. The number of ether oxygens (including phenoxy) is 1. The summed E-state index contributed by atoms with van der Waals surface area (Å²) in [6.07, 6.45) is 4.29. The van der Waals surface area contributed by atoms with Gasteiger partial charge in [-0.2, -0.15) is 0 Å². The van der Waals surface area contributed by atoms with Gasteiger partial charge >= 0.3 is 5.97 Å². The average Bonchev–Trinajstić information content (AvgIpc) is 2.40. The summed E-state index contributed by atoms with van der Waals surface area (Å²) in [4.78, 5) is 14.6. The minimum absolute atomic E-state index is 0.261. The predicted octanol–water partition coefficient (Wildman–Crippen LogP) is 2.40. The summed E-state index contributed by atoms with van der Waals surface area (Å²) in [6.45, 7) is 0.552. The molecular weight excluding hydrogens is 230 g/mol. The van der Waals surface area contributed by atoms with Crippen LogP contribution in [0.25, 0.3) is 0 Å². The number of nitrogens with zero attached hydrogens (tertiary/aromatic N) is 1. The predicted molar refractivity (Wildman–Crippen MR) is 66.8 cm³/mol. The Morgan fingerprint density at radius 2 is 1.78 bits per heavy atom. The van der Waals surface area contributed by atoms with E-state index in [1.165, 1.54) is 12.1 Å². The molecule has 1 aromatic heterocycles. The zero-order valence-corrected chi connectivity index (χ0v) is 9.74. The van der Waals surface area contributed by atoms with Gasteiger partial charge in [0.2, 0.25) is 0 Å². The molecule has 0 aliphatic heterocycles. The van der Waals surface area contributed by atoms with Crippen LogP contribution in [0.2, 0.25) is 0 Å². The largest absolute Gasteiger partial charge is 0.493 e. The van der Waals surface area contributed by atoms with Crippen molar-refractivity contribution in [3.63, 3.8) is 0 Å². The van der Waals surface area contributed by atoms with Gasteiger partial charge in [0.25, 0.3) is 0 Å². The van der Waals surface area contributed by atoms with Gasteiger partial charge in [0, 0.05) is 18.8 Å². The van der Waals surface area contributed by atoms with Crippen LogP contribution in [0.15, 0.2) is 48.8 Å². The van der Waals surface area contributed by atoms with E-state index in [1.807, 2.05) is 12.1 Å². The molecule has 4 heteroatoms. The Morgan fingerprint density at radius 3 is 2.39 bits per heavy atom. The van der Waals surface area contributed by atoms with Crippen LogP contribution in [0.5, 0.6) is 5.75 Å². The van der Waals surface area contributed by atoms with Crippen LogP contribution in [-0.4, -0.2) is 22.7 Å². The van der Waals surface area contributed by atoms with E-state index in [1.54, 1.807) is 24.5 Å². The first-order valence-corrected chi connectivity index (χ1v) is 5.61. The lowest BCUT2D eigenvalue weighted by Gasteiger charge is -2.06. The molecule has 2 rings (SSSR count). The number of aromatic nitrogens is 1. The maximum Gasteiger partial charge on any atom is 0.335 e. The van der Waals surface area contributed by atoms with Crippen LogP contribution < -0.4 is 4.74 Å². The van der Waals surface area contributed by atoms with E-state index in [-0.39, 0.29) is 5.56 Å². The van der Waals surface area contributed by atoms with Gasteiger partial charge < -0.3 is 9.84 Å². The Kier molecular flexibility index (Phi) is 3.91. The first-order chi connectivity index (χ1) is 8.75. The van der Waals surface area contributed by atoms with Crippen molar-refractivity contribution in [2.75, 3.05) is 6.61 Å². The second-order valence-corrected chi connectivity index (χ2v) is 3.78. The fourth-order valence-corrected chi connectivity index (χ4v) is 1.53. The molecule has 0 unspecified atom stereocenters. The maximum atomic E-state index is 10.7. The minimum Gasteiger partial charge on any atom is -0.493 e. The zero-order chi connectivity index (χ0) is 12.8. The average molecular weight is 243 g/mol. The molecule has 0 atom stereocenters. The summed E-state index contributed by atoms with van der Waals surface area (Å²) < 4.78 is 5.53. The van der Waals surface area contributed by atoms with Crippen molar-refractivity contribution in [2.24, 2.45) is 0 Å². The topological polar surface area (TPSA) is 59.4 Å². The van der Waals surface area contributed by atoms with Crippen molar-refractivity contribution < 1.29 is 14.6 Å². The molecule has 18 heavy (non-hydrogen) atoms. The molecule has 1 aromatic carbocycles. The lowest BCUT2D eigenvalue weighted by Crippen LogP contribution is -2.02. The quantitative estimate of drug-likeness (QED) is 0.876. The highest BCUT2D eigenvalue weighted by molar-refractivity contribution is 5.87. The molecule has 0 bridgehead atoms. The number of benzene rings is 1. The van der Waals surface area contributed by atoms with E-state index in [0.29, 0.717) is 12.4 Å². The van der Waals surface area contributed by atoms with Crippen LogP contribution in [0.1, 0.15) is 15.9 Å². The Morgan fingerprint density at radius 1 is 1.11 bits per heavy atom. The molecule has 4 nitrogen and oxygen atoms in total. The highest BCUT2D eigenvalue weighted by Gasteiger charge is 2.02. The number of carboxylic acids is 1. The number of hydrogen-bond donors (Lipinski definition) is 1. The second kappa shape index (κ2) is 5.82. The Labute approximate surface area is 105 Å². The van der Waals surface area contributed by atoms with Crippen LogP contribution in [0.4, 0.5) is 0 Å². The SMILES string of the molecule is O=C(O)c1ccc(OCCc2ccncc2)cc1.